The Balaban J connectivity index is 2.25. The van der Waals surface area contributed by atoms with E-state index >= 15 is 0 Å². The van der Waals surface area contributed by atoms with Gasteiger partial charge in [0.05, 0.1) is 19.8 Å². The van der Waals surface area contributed by atoms with E-state index in [0.717, 1.165) is 11.3 Å². The van der Waals surface area contributed by atoms with Gasteiger partial charge in [0.1, 0.15) is 0 Å². The van der Waals surface area contributed by atoms with Crippen LogP contribution < -0.4 is 19.5 Å². The van der Waals surface area contributed by atoms with Crippen LogP contribution in [0.5, 0.6) is 17.2 Å². The molecule has 120 valence electrons. The maximum absolute atomic E-state index is 12.2. The van der Waals surface area contributed by atoms with Gasteiger partial charge in [-0.15, -0.1) is 0 Å². The fraction of sp³-hybridized carbons (Fsp3) is 0.235. The lowest BCUT2D eigenvalue weighted by molar-refractivity contribution is 0.0601. The van der Waals surface area contributed by atoms with Gasteiger partial charge in [0.15, 0.2) is 11.5 Å². The Bertz CT molecular complexity index is 740. The van der Waals surface area contributed by atoms with Crippen LogP contribution in [0.4, 0.5) is 5.69 Å². The van der Waals surface area contributed by atoms with Crippen molar-refractivity contribution in [1.82, 2.24) is 0 Å². The Kier molecular flexibility index (Phi) is 3.97. The molecule has 0 fully saturated rings. The zero-order chi connectivity index (χ0) is 16.4. The second kappa shape index (κ2) is 6.08. The van der Waals surface area contributed by atoms with E-state index in [1.165, 1.54) is 14.2 Å². The Morgan fingerprint density at radius 3 is 2.52 bits per heavy atom. The predicted molar refractivity (Wildman–Crippen MR) is 85.4 cm³/mol. The first-order valence-corrected chi connectivity index (χ1v) is 7.06. The van der Waals surface area contributed by atoms with Gasteiger partial charge in [-0.1, -0.05) is 12.1 Å². The highest BCUT2D eigenvalue weighted by Crippen LogP contribution is 2.49. The van der Waals surface area contributed by atoms with Gasteiger partial charge in [-0.25, -0.2) is 4.79 Å². The minimum atomic E-state index is -0.464. The summed E-state index contributed by atoms with van der Waals surface area (Å²) in [5.41, 5.74) is 2.77. The SMILES string of the molecule is CNc1ccc(-c2c(C(=O)OC)cc3c(c2OC)OCO3)cc1. The van der Waals surface area contributed by atoms with Crippen LogP contribution >= 0.6 is 0 Å². The Morgan fingerprint density at radius 2 is 1.91 bits per heavy atom. The summed E-state index contributed by atoms with van der Waals surface area (Å²) in [6, 6.07) is 9.26. The number of esters is 1. The minimum absolute atomic E-state index is 0.0917. The molecule has 3 rings (SSSR count). The normalized spacial score (nSPS) is 12.0. The smallest absolute Gasteiger partial charge is 0.338 e. The predicted octanol–water partition coefficient (Wildman–Crippen LogP) is 2.92. The summed E-state index contributed by atoms with van der Waals surface area (Å²) in [5, 5.41) is 3.06. The molecule has 0 aromatic heterocycles. The summed E-state index contributed by atoms with van der Waals surface area (Å²) in [7, 11) is 4.72. The molecule has 0 unspecified atom stereocenters. The second-order valence-corrected chi connectivity index (χ2v) is 4.89. The minimum Gasteiger partial charge on any atom is -0.492 e. The maximum Gasteiger partial charge on any atom is 0.338 e. The third-order valence-corrected chi connectivity index (χ3v) is 3.69. The van der Waals surface area contributed by atoms with Gasteiger partial charge in [-0.05, 0) is 23.8 Å². The third-order valence-electron chi connectivity index (χ3n) is 3.69. The lowest BCUT2D eigenvalue weighted by Crippen LogP contribution is -2.05. The molecule has 0 amide bonds. The van der Waals surface area contributed by atoms with E-state index in [1.54, 1.807) is 6.07 Å². The van der Waals surface area contributed by atoms with Crippen molar-refractivity contribution in [2.24, 2.45) is 0 Å². The molecule has 1 aliphatic rings. The topological polar surface area (TPSA) is 66.0 Å². The van der Waals surface area contributed by atoms with Crippen molar-refractivity contribution >= 4 is 11.7 Å². The number of rotatable bonds is 4. The molecule has 23 heavy (non-hydrogen) atoms. The fourth-order valence-corrected chi connectivity index (χ4v) is 2.57. The molecule has 0 spiro atoms. The first kappa shape index (κ1) is 15.0. The van der Waals surface area contributed by atoms with E-state index in [0.29, 0.717) is 28.4 Å². The highest BCUT2D eigenvalue weighted by Gasteiger charge is 2.29. The summed E-state index contributed by atoms with van der Waals surface area (Å²) in [4.78, 5) is 12.2. The molecule has 2 aromatic rings. The highest BCUT2D eigenvalue weighted by atomic mass is 16.7. The number of nitrogens with one attached hydrogen (secondary N) is 1. The van der Waals surface area contributed by atoms with Crippen molar-refractivity contribution in [3.8, 4) is 28.4 Å². The van der Waals surface area contributed by atoms with E-state index < -0.39 is 5.97 Å². The molecule has 1 N–H and O–H groups in total. The van der Waals surface area contributed by atoms with Crippen LogP contribution in [0.3, 0.4) is 0 Å². The summed E-state index contributed by atoms with van der Waals surface area (Å²) in [6.07, 6.45) is 0. The first-order chi connectivity index (χ1) is 11.2. The lowest BCUT2D eigenvalue weighted by atomic mass is 9.97. The molecule has 1 aliphatic heterocycles. The number of hydrogen-bond acceptors (Lipinski definition) is 6. The van der Waals surface area contributed by atoms with Gasteiger partial charge in [0.25, 0.3) is 0 Å². The molecular weight excluding hydrogens is 298 g/mol. The summed E-state index contributed by atoms with van der Waals surface area (Å²) >= 11 is 0. The van der Waals surface area contributed by atoms with Crippen LogP contribution in [0.15, 0.2) is 30.3 Å². The molecule has 2 aromatic carbocycles. The second-order valence-electron chi connectivity index (χ2n) is 4.89. The molecule has 0 aliphatic carbocycles. The molecule has 0 saturated heterocycles. The zero-order valence-electron chi connectivity index (χ0n) is 13.1. The van der Waals surface area contributed by atoms with Gasteiger partial charge in [-0.2, -0.15) is 0 Å². The summed E-state index contributed by atoms with van der Waals surface area (Å²) < 4.78 is 21.3. The van der Waals surface area contributed by atoms with Crippen LogP contribution in [0.1, 0.15) is 10.4 Å². The van der Waals surface area contributed by atoms with Gasteiger partial charge < -0.3 is 24.3 Å². The average Bonchev–Trinajstić information content (AvgIpc) is 3.07. The molecule has 0 bridgehead atoms. The van der Waals surface area contributed by atoms with Gasteiger partial charge in [0.2, 0.25) is 12.5 Å². The third kappa shape index (κ3) is 2.52. The largest absolute Gasteiger partial charge is 0.492 e. The van der Waals surface area contributed by atoms with Crippen molar-refractivity contribution in [2.75, 3.05) is 33.4 Å². The number of benzene rings is 2. The number of fused-ring (bicyclic) bond motifs is 1. The molecule has 0 atom stereocenters. The molecular formula is C17H17NO5. The van der Waals surface area contributed by atoms with E-state index in [4.69, 9.17) is 18.9 Å². The summed E-state index contributed by atoms with van der Waals surface area (Å²) in [5.74, 6) is 0.956. The maximum atomic E-state index is 12.2. The van der Waals surface area contributed by atoms with Crippen molar-refractivity contribution < 1.29 is 23.7 Å². The van der Waals surface area contributed by atoms with E-state index in [1.807, 2.05) is 31.3 Å². The summed E-state index contributed by atoms with van der Waals surface area (Å²) in [6.45, 7) is 0.0917. The van der Waals surface area contributed by atoms with Crippen molar-refractivity contribution in [3.05, 3.63) is 35.9 Å². The standard InChI is InChI=1S/C17H17NO5/c1-18-11-6-4-10(5-7-11)14-12(17(19)21-3)8-13-15(16(14)20-2)23-9-22-13/h4-8,18H,9H2,1-3H3. The Labute approximate surface area is 133 Å². The quantitative estimate of drug-likeness (QED) is 0.875. The van der Waals surface area contributed by atoms with E-state index in [2.05, 4.69) is 5.32 Å². The van der Waals surface area contributed by atoms with Crippen molar-refractivity contribution in [2.45, 2.75) is 0 Å². The lowest BCUT2D eigenvalue weighted by Gasteiger charge is -2.15. The number of carbonyl (C=O) groups excluding carboxylic acids is 1. The van der Waals surface area contributed by atoms with Crippen LogP contribution in [0.2, 0.25) is 0 Å². The number of ether oxygens (including phenoxy) is 4. The van der Waals surface area contributed by atoms with Gasteiger partial charge in [0, 0.05) is 18.3 Å². The molecule has 0 radical (unpaired) electrons. The zero-order valence-corrected chi connectivity index (χ0v) is 13.1. The van der Waals surface area contributed by atoms with Gasteiger partial charge in [-0.3, -0.25) is 0 Å². The number of methoxy groups -OCH3 is 2. The monoisotopic (exact) mass is 315 g/mol. The molecule has 0 saturated carbocycles. The first-order valence-electron chi connectivity index (χ1n) is 7.06. The number of anilines is 1. The van der Waals surface area contributed by atoms with Crippen LogP contribution in [-0.2, 0) is 4.74 Å². The molecule has 6 nitrogen and oxygen atoms in total. The van der Waals surface area contributed by atoms with Crippen LogP contribution in [0, 0.1) is 0 Å². The van der Waals surface area contributed by atoms with Gasteiger partial charge >= 0.3 is 5.97 Å². The van der Waals surface area contributed by atoms with E-state index in [-0.39, 0.29) is 6.79 Å². The highest BCUT2D eigenvalue weighted by molar-refractivity contribution is 6.01. The number of carbonyl (C=O) groups is 1. The van der Waals surface area contributed by atoms with Crippen LogP contribution in [-0.4, -0.2) is 34.0 Å². The Hall–Kier alpha value is -2.89. The fourth-order valence-electron chi connectivity index (χ4n) is 2.57. The molecule has 1 heterocycles. The van der Waals surface area contributed by atoms with Crippen LogP contribution in [0.25, 0.3) is 11.1 Å². The Morgan fingerprint density at radius 1 is 1.17 bits per heavy atom. The average molecular weight is 315 g/mol. The van der Waals surface area contributed by atoms with Crippen molar-refractivity contribution in [1.29, 1.82) is 0 Å². The molecule has 6 heteroatoms. The van der Waals surface area contributed by atoms with Crippen molar-refractivity contribution in [3.63, 3.8) is 0 Å². The number of hydrogen-bond donors (Lipinski definition) is 1. The van der Waals surface area contributed by atoms with E-state index in [9.17, 15) is 4.79 Å².